The van der Waals surface area contributed by atoms with Gasteiger partial charge in [-0.1, -0.05) is 0 Å². The summed E-state index contributed by atoms with van der Waals surface area (Å²) in [5, 5.41) is 6.75. The van der Waals surface area contributed by atoms with E-state index < -0.39 is 0 Å². The fourth-order valence-electron chi connectivity index (χ4n) is 1.24. The van der Waals surface area contributed by atoms with Crippen LogP contribution < -0.4 is 4.90 Å². The largest absolute Gasteiger partial charge is 0.367 e. The molecule has 4 heteroatoms. The van der Waals surface area contributed by atoms with Crippen LogP contribution in [-0.2, 0) is 0 Å². The maximum absolute atomic E-state index is 3.92. The molecule has 0 atom stereocenters. The maximum Gasteiger partial charge on any atom is 0.0750 e. The van der Waals surface area contributed by atoms with E-state index in [0.29, 0.717) is 0 Å². The minimum absolute atomic E-state index is 1.16. The summed E-state index contributed by atoms with van der Waals surface area (Å²) in [4.78, 5) is 2.36. The van der Waals surface area contributed by atoms with Crippen LogP contribution in [0.4, 0.5) is 5.69 Å². The summed E-state index contributed by atoms with van der Waals surface area (Å²) in [6, 6.07) is 0. The lowest BCUT2D eigenvalue weighted by atomic mass is 10.4. The van der Waals surface area contributed by atoms with Crippen LogP contribution in [0.5, 0.6) is 0 Å². The van der Waals surface area contributed by atoms with E-state index in [1.54, 1.807) is 0 Å². The maximum atomic E-state index is 3.92. The second kappa shape index (κ2) is 3.17. The molecule has 0 bridgehead atoms. The highest BCUT2D eigenvalue weighted by atomic mass is 32.2. The van der Waals surface area contributed by atoms with Crippen molar-refractivity contribution in [1.82, 2.24) is 10.2 Å². The number of aromatic amines is 1. The van der Waals surface area contributed by atoms with E-state index in [0.717, 1.165) is 13.1 Å². The van der Waals surface area contributed by atoms with E-state index in [1.165, 1.54) is 17.2 Å². The topological polar surface area (TPSA) is 31.9 Å². The minimum Gasteiger partial charge on any atom is -0.367 e. The lowest BCUT2D eigenvalue weighted by Crippen LogP contribution is -2.31. The summed E-state index contributed by atoms with van der Waals surface area (Å²) >= 11 is 2.02. The molecule has 1 aliphatic heterocycles. The molecule has 11 heavy (non-hydrogen) atoms. The highest BCUT2D eigenvalue weighted by Crippen LogP contribution is 2.16. The molecule has 0 spiro atoms. The van der Waals surface area contributed by atoms with Crippen molar-refractivity contribution in [3.8, 4) is 0 Å². The summed E-state index contributed by atoms with van der Waals surface area (Å²) in [6.45, 7) is 2.31. The fraction of sp³-hybridized carbons (Fsp3) is 0.571. The van der Waals surface area contributed by atoms with Crippen LogP contribution in [0, 0.1) is 0 Å². The highest BCUT2D eigenvalue weighted by molar-refractivity contribution is 7.99. The number of hydrogen-bond acceptors (Lipinski definition) is 3. The average molecular weight is 169 g/mol. The lowest BCUT2D eigenvalue weighted by molar-refractivity contribution is 0.859. The molecule has 0 aromatic carbocycles. The van der Waals surface area contributed by atoms with Crippen molar-refractivity contribution < 1.29 is 0 Å². The van der Waals surface area contributed by atoms with E-state index >= 15 is 0 Å². The van der Waals surface area contributed by atoms with Gasteiger partial charge >= 0.3 is 0 Å². The number of aromatic nitrogens is 2. The Bertz CT molecular complexity index is 203. The molecule has 1 saturated heterocycles. The number of nitrogens with one attached hydrogen (secondary N) is 1. The van der Waals surface area contributed by atoms with E-state index in [4.69, 9.17) is 0 Å². The molecule has 60 valence electrons. The molecule has 0 unspecified atom stereocenters. The average Bonchev–Trinajstić information content (AvgIpc) is 2.58. The highest BCUT2D eigenvalue weighted by Gasteiger charge is 2.10. The van der Waals surface area contributed by atoms with Gasteiger partial charge in [-0.3, -0.25) is 5.10 Å². The van der Waals surface area contributed by atoms with Gasteiger partial charge in [-0.15, -0.1) is 0 Å². The second-order valence-corrected chi connectivity index (χ2v) is 3.78. The molecular weight excluding hydrogens is 158 g/mol. The van der Waals surface area contributed by atoms with Gasteiger partial charge in [-0.25, -0.2) is 0 Å². The lowest BCUT2D eigenvalue weighted by Gasteiger charge is -2.26. The van der Waals surface area contributed by atoms with E-state index in [1.807, 2.05) is 24.2 Å². The van der Waals surface area contributed by atoms with Crippen molar-refractivity contribution in [3.63, 3.8) is 0 Å². The second-order valence-electron chi connectivity index (χ2n) is 2.56. The molecular formula is C7H11N3S. The van der Waals surface area contributed by atoms with Crippen LogP contribution in [0.25, 0.3) is 0 Å². The van der Waals surface area contributed by atoms with Gasteiger partial charge in [-0.05, 0) is 0 Å². The fourth-order valence-corrected chi connectivity index (χ4v) is 2.14. The number of hydrogen-bond donors (Lipinski definition) is 1. The number of nitrogens with zero attached hydrogens (tertiary/aromatic N) is 2. The third-order valence-corrected chi connectivity index (χ3v) is 2.80. The van der Waals surface area contributed by atoms with Crippen molar-refractivity contribution >= 4 is 17.4 Å². The molecule has 0 amide bonds. The van der Waals surface area contributed by atoms with Gasteiger partial charge in [0.1, 0.15) is 0 Å². The Morgan fingerprint density at radius 3 is 2.91 bits per heavy atom. The van der Waals surface area contributed by atoms with Gasteiger partial charge in [0.2, 0.25) is 0 Å². The monoisotopic (exact) mass is 169 g/mol. The van der Waals surface area contributed by atoms with Crippen molar-refractivity contribution in [2.45, 2.75) is 0 Å². The van der Waals surface area contributed by atoms with E-state index in [9.17, 15) is 0 Å². The van der Waals surface area contributed by atoms with Crippen LogP contribution in [0.1, 0.15) is 0 Å². The molecule has 0 aliphatic carbocycles. The van der Waals surface area contributed by atoms with Gasteiger partial charge in [0.25, 0.3) is 0 Å². The Morgan fingerprint density at radius 1 is 1.45 bits per heavy atom. The van der Waals surface area contributed by atoms with E-state index in [-0.39, 0.29) is 0 Å². The first-order valence-corrected chi connectivity index (χ1v) is 4.94. The van der Waals surface area contributed by atoms with Crippen LogP contribution in [0.2, 0.25) is 0 Å². The zero-order valence-electron chi connectivity index (χ0n) is 6.29. The SMILES string of the molecule is c1n[nH]cc1N1CCSCC1. The number of thioether (sulfide) groups is 1. The zero-order chi connectivity index (χ0) is 7.52. The van der Waals surface area contributed by atoms with Gasteiger partial charge in [0.05, 0.1) is 11.9 Å². The summed E-state index contributed by atoms with van der Waals surface area (Å²) in [5.74, 6) is 2.48. The summed E-state index contributed by atoms with van der Waals surface area (Å²) < 4.78 is 0. The van der Waals surface area contributed by atoms with Crippen molar-refractivity contribution in [2.75, 3.05) is 29.5 Å². The molecule has 1 aliphatic rings. The first kappa shape index (κ1) is 7.03. The third-order valence-electron chi connectivity index (χ3n) is 1.86. The van der Waals surface area contributed by atoms with Crippen LogP contribution in [-0.4, -0.2) is 34.8 Å². The zero-order valence-corrected chi connectivity index (χ0v) is 7.10. The molecule has 0 saturated carbocycles. The Balaban J connectivity index is 2.04. The number of rotatable bonds is 1. The summed E-state index contributed by atoms with van der Waals surface area (Å²) in [5.41, 5.74) is 1.23. The van der Waals surface area contributed by atoms with Crippen molar-refractivity contribution in [1.29, 1.82) is 0 Å². The van der Waals surface area contributed by atoms with Crippen LogP contribution in [0.3, 0.4) is 0 Å². The number of anilines is 1. The van der Waals surface area contributed by atoms with Crippen molar-refractivity contribution in [2.24, 2.45) is 0 Å². The Hall–Kier alpha value is -0.640. The predicted molar refractivity (Wildman–Crippen MR) is 48.1 cm³/mol. The molecule has 1 N–H and O–H groups in total. The predicted octanol–water partition coefficient (Wildman–Crippen LogP) is 0.963. The smallest absolute Gasteiger partial charge is 0.0750 e. The first-order valence-electron chi connectivity index (χ1n) is 3.78. The van der Waals surface area contributed by atoms with Crippen LogP contribution >= 0.6 is 11.8 Å². The minimum atomic E-state index is 1.16. The van der Waals surface area contributed by atoms with Gasteiger partial charge in [-0.2, -0.15) is 16.9 Å². The van der Waals surface area contributed by atoms with Gasteiger partial charge in [0, 0.05) is 30.8 Å². The quantitative estimate of drug-likeness (QED) is 0.679. The number of H-pyrrole nitrogens is 1. The van der Waals surface area contributed by atoms with Crippen LogP contribution in [0.15, 0.2) is 12.4 Å². The van der Waals surface area contributed by atoms with Gasteiger partial charge < -0.3 is 4.90 Å². The molecule has 1 aromatic rings. The Kier molecular flexibility index (Phi) is 2.03. The van der Waals surface area contributed by atoms with Crippen molar-refractivity contribution in [3.05, 3.63) is 12.4 Å². The summed E-state index contributed by atoms with van der Waals surface area (Å²) in [6.07, 6.45) is 3.84. The summed E-state index contributed by atoms with van der Waals surface area (Å²) in [7, 11) is 0. The van der Waals surface area contributed by atoms with Gasteiger partial charge in [0.15, 0.2) is 0 Å². The normalized spacial score (nSPS) is 18.7. The molecule has 1 aromatic heterocycles. The molecule has 3 nitrogen and oxygen atoms in total. The Labute approximate surface area is 70.2 Å². The molecule has 2 rings (SSSR count). The Morgan fingerprint density at radius 2 is 2.27 bits per heavy atom. The molecule has 0 radical (unpaired) electrons. The molecule has 2 heterocycles. The molecule has 1 fully saturated rings. The first-order chi connectivity index (χ1) is 5.47. The van der Waals surface area contributed by atoms with E-state index in [2.05, 4.69) is 15.1 Å². The third kappa shape index (κ3) is 1.50. The standard InChI is InChI=1S/C7H11N3S/c1-3-11-4-2-10(1)7-5-8-9-6-7/h5-6H,1-4H2,(H,8,9).